The zero-order valence-electron chi connectivity index (χ0n) is 15.1. The van der Waals surface area contributed by atoms with Gasteiger partial charge in [-0.05, 0) is 47.0 Å². The predicted octanol–water partition coefficient (Wildman–Crippen LogP) is 2.90. The van der Waals surface area contributed by atoms with Crippen LogP contribution in [0.5, 0.6) is 5.75 Å². The van der Waals surface area contributed by atoms with Crippen LogP contribution in [-0.4, -0.2) is 36.1 Å². The van der Waals surface area contributed by atoms with E-state index >= 15 is 0 Å². The molecule has 0 unspecified atom stereocenters. The highest BCUT2D eigenvalue weighted by molar-refractivity contribution is 6.00. The first-order chi connectivity index (χ1) is 13.3. The molecule has 4 rings (SSSR count). The van der Waals surface area contributed by atoms with Gasteiger partial charge in [0.1, 0.15) is 6.61 Å². The Morgan fingerprint density at radius 3 is 2.74 bits per heavy atom. The van der Waals surface area contributed by atoms with E-state index in [4.69, 9.17) is 4.74 Å². The summed E-state index contributed by atoms with van der Waals surface area (Å²) in [6.07, 6.45) is 7.13. The van der Waals surface area contributed by atoms with E-state index in [-0.39, 0.29) is 5.91 Å². The third-order valence-electron chi connectivity index (χ3n) is 4.60. The molecule has 6 nitrogen and oxygen atoms in total. The van der Waals surface area contributed by atoms with E-state index < -0.39 is 0 Å². The lowest BCUT2D eigenvalue weighted by Gasteiger charge is -2.33. The molecule has 0 aliphatic carbocycles. The highest BCUT2D eigenvalue weighted by Gasteiger charge is 2.25. The van der Waals surface area contributed by atoms with Crippen LogP contribution in [0.1, 0.15) is 15.9 Å². The summed E-state index contributed by atoms with van der Waals surface area (Å²) in [4.78, 5) is 23.0. The van der Waals surface area contributed by atoms with Crippen molar-refractivity contribution in [3.05, 3.63) is 72.3 Å². The quantitative estimate of drug-likeness (QED) is 0.775. The average Bonchev–Trinajstić information content (AvgIpc) is 2.74. The lowest BCUT2D eigenvalue weighted by Crippen LogP contribution is -2.33. The Morgan fingerprint density at radius 1 is 1.15 bits per heavy atom. The first kappa shape index (κ1) is 17.0. The smallest absolute Gasteiger partial charge is 0.254 e. The molecule has 2 aromatic heterocycles. The van der Waals surface area contributed by atoms with E-state index in [2.05, 4.69) is 32.3 Å². The number of pyridine rings is 2. The number of ether oxygens (including phenoxy) is 1. The van der Waals surface area contributed by atoms with Crippen LogP contribution in [0.2, 0.25) is 0 Å². The molecule has 1 aliphatic rings. The van der Waals surface area contributed by atoms with E-state index in [9.17, 15) is 4.79 Å². The second-order valence-corrected chi connectivity index (χ2v) is 6.32. The number of nitrogens with zero attached hydrogens (tertiary/aromatic N) is 3. The number of rotatable bonds is 4. The molecule has 0 saturated heterocycles. The van der Waals surface area contributed by atoms with Gasteiger partial charge in [-0.15, -0.1) is 0 Å². The van der Waals surface area contributed by atoms with Crippen molar-refractivity contribution in [2.24, 2.45) is 0 Å². The van der Waals surface area contributed by atoms with Crippen molar-refractivity contribution in [3.8, 4) is 16.9 Å². The maximum Gasteiger partial charge on any atom is 0.254 e. The Labute approximate surface area is 157 Å². The number of amides is 1. The first-order valence-corrected chi connectivity index (χ1v) is 8.83. The van der Waals surface area contributed by atoms with Crippen LogP contribution in [0.15, 0.2) is 61.2 Å². The first-order valence-electron chi connectivity index (χ1n) is 8.83. The van der Waals surface area contributed by atoms with Gasteiger partial charge in [0.15, 0.2) is 5.75 Å². The molecular formula is C21H20N4O2. The molecule has 3 aromatic rings. The number of nitrogens with one attached hydrogen (secondary N) is 1. The molecule has 0 radical (unpaired) electrons. The topological polar surface area (TPSA) is 67.3 Å². The van der Waals surface area contributed by atoms with Gasteiger partial charge in [-0.1, -0.05) is 6.07 Å². The van der Waals surface area contributed by atoms with Gasteiger partial charge >= 0.3 is 0 Å². The van der Waals surface area contributed by atoms with Gasteiger partial charge in [0, 0.05) is 38.4 Å². The number of anilines is 1. The second kappa shape index (κ2) is 7.45. The number of aromatic nitrogens is 2. The van der Waals surface area contributed by atoms with Crippen molar-refractivity contribution >= 4 is 11.6 Å². The van der Waals surface area contributed by atoms with Crippen LogP contribution in [-0.2, 0) is 6.54 Å². The van der Waals surface area contributed by atoms with Crippen molar-refractivity contribution in [1.82, 2.24) is 15.3 Å². The molecule has 0 spiro atoms. The Morgan fingerprint density at radius 2 is 2.00 bits per heavy atom. The lowest BCUT2D eigenvalue weighted by atomic mass is 10.00. The summed E-state index contributed by atoms with van der Waals surface area (Å²) in [7, 11) is 1.63. The van der Waals surface area contributed by atoms with E-state index in [1.54, 1.807) is 25.6 Å². The van der Waals surface area contributed by atoms with Crippen molar-refractivity contribution in [3.63, 3.8) is 0 Å². The fourth-order valence-electron chi connectivity index (χ4n) is 3.27. The minimum Gasteiger partial charge on any atom is -0.489 e. The van der Waals surface area contributed by atoms with E-state index in [0.29, 0.717) is 24.5 Å². The molecule has 0 saturated carbocycles. The van der Waals surface area contributed by atoms with Crippen molar-refractivity contribution in [2.75, 3.05) is 25.1 Å². The zero-order valence-corrected chi connectivity index (χ0v) is 15.1. The molecule has 136 valence electrons. The monoisotopic (exact) mass is 360 g/mol. The second-order valence-electron chi connectivity index (χ2n) is 6.32. The molecule has 27 heavy (non-hydrogen) atoms. The number of hydrogen-bond acceptors (Lipinski definition) is 5. The third-order valence-corrected chi connectivity index (χ3v) is 4.60. The summed E-state index contributed by atoms with van der Waals surface area (Å²) in [5.41, 5.74) is 4.53. The number of benzene rings is 1. The van der Waals surface area contributed by atoms with Gasteiger partial charge in [-0.2, -0.15) is 0 Å². The minimum absolute atomic E-state index is 0.162. The molecule has 1 N–H and O–H groups in total. The number of carbonyl (C=O) groups is 1. The summed E-state index contributed by atoms with van der Waals surface area (Å²) in [6.45, 7) is 1.98. The number of fused-ring (bicyclic) bond motifs is 1. The molecule has 0 atom stereocenters. The van der Waals surface area contributed by atoms with Crippen LogP contribution >= 0.6 is 0 Å². The highest BCUT2D eigenvalue weighted by Crippen LogP contribution is 2.39. The molecule has 1 aromatic carbocycles. The minimum atomic E-state index is -0.162. The van der Waals surface area contributed by atoms with Crippen molar-refractivity contribution in [2.45, 2.75) is 6.54 Å². The standard InChI is InChI=1S/C21H20N4O2/c1-22-21(26)18-11-17(16-4-7-23-8-5-16)12-19-20(18)27-10-9-25(19)14-15-3-2-6-24-13-15/h2-8,11-13H,9-10,14H2,1H3,(H,22,26). The lowest BCUT2D eigenvalue weighted by molar-refractivity contribution is 0.0958. The van der Waals surface area contributed by atoms with Gasteiger partial charge in [-0.3, -0.25) is 14.8 Å². The van der Waals surface area contributed by atoms with Gasteiger partial charge in [-0.25, -0.2) is 0 Å². The Hall–Kier alpha value is -3.41. The molecule has 0 fully saturated rings. The van der Waals surface area contributed by atoms with Gasteiger partial charge in [0.2, 0.25) is 0 Å². The van der Waals surface area contributed by atoms with Crippen molar-refractivity contribution in [1.29, 1.82) is 0 Å². The van der Waals surface area contributed by atoms with Gasteiger partial charge in [0.05, 0.1) is 17.8 Å². The number of carbonyl (C=O) groups excluding carboxylic acids is 1. The molecule has 3 heterocycles. The average molecular weight is 360 g/mol. The largest absolute Gasteiger partial charge is 0.489 e. The molecule has 1 amide bonds. The van der Waals surface area contributed by atoms with Crippen LogP contribution < -0.4 is 15.0 Å². The third kappa shape index (κ3) is 3.46. The number of hydrogen-bond donors (Lipinski definition) is 1. The molecule has 0 bridgehead atoms. The van der Waals surface area contributed by atoms with Crippen LogP contribution in [0.25, 0.3) is 11.1 Å². The molecular weight excluding hydrogens is 340 g/mol. The van der Waals surface area contributed by atoms with Crippen molar-refractivity contribution < 1.29 is 9.53 Å². The summed E-state index contributed by atoms with van der Waals surface area (Å²) >= 11 is 0. The predicted molar refractivity (Wildman–Crippen MR) is 104 cm³/mol. The zero-order chi connectivity index (χ0) is 18.6. The summed E-state index contributed by atoms with van der Waals surface area (Å²) in [5.74, 6) is 0.465. The van der Waals surface area contributed by atoms with Crippen LogP contribution in [0.3, 0.4) is 0 Å². The normalized spacial score (nSPS) is 12.9. The maximum absolute atomic E-state index is 12.5. The summed E-state index contributed by atoms with van der Waals surface area (Å²) in [6, 6.07) is 11.8. The van der Waals surface area contributed by atoms with E-state index in [1.165, 1.54) is 0 Å². The highest BCUT2D eigenvalue weighted by atomic mass is 16.5. The van der Waals surface area contributed by atoms with E-state index in [0.717, 1.165) is 28.9 Å². The molecule has 6 heteroatoms. The van der Waals surface area contributed by atoms with E-state index in [1.807, 2.05) is 30.5 Å². The fraction of sp³-hybridized carbons (Fsp3) is 0.190. The molecule has 1 aliphatic heterocycles. The van der Waals surface area contributed by atoms with Gasteiger partial charge < -0.3 is 15.0 Å². The fourth-order valence-corrected chi connectivity index (χ4v) is 3.27. The SMILES string of the molecule is CNC(=O)c1cc(-c2ccncc2)cc2c1OCCN2Cc1cccnc1. The van der Waals surface area contributed by atoms with Crippen LogP contribution in [0, 0.1) is 0 Å². The Balaban J connectivity index is 1.81. The Bertz CT molecular complexity index is 945. The summed E-state index contributed by atoms with van der Waals surface area (Å²) < 4.78 is 5.91. The Kier molecular flexibility index (Phi) is 4.70. The van der Waals surface area contributed by atoms with Gasteiger partial charge in [0.25, 0.3) is 5.91 Å². The summed E-state index contributed by atoms with van der Waals surface area (Å²) in [5, 5.41) is 2.71. The maximum atomic E-state index is 12.5. The van der Waals surface area contributed by atoms with Crippen LogP contribution in [0.4, 0.5) is 5.69 Å².